The highest BCUT2D eigenvalue weighted by Gasteiger charge is 2.18. The van der Waals surface area contributed by atoms with Gasteiger partial charge < -0.3 is 15.2 Å². The van der Waals surface area contributed by atoms with E-state index in [4.69, 9.17) is 16.3 Å². The third kappa shape index (κ3) is 5.18. The highest BCUT2D eigenvalue weighted by Crippen LogP contribution is 2.11. The van der Waals surface area contributed by atoms with Gasteiger partial charge in [-0.05, 0) is 32.4 Å². The number of aliphatic hydroxyl groups is 1. The lowest BCUT2D eigenvalue weighted by molar-refractivity contribution is -0.0984. The topological polar surface area (TPSA) is 82.9 Å². The molecule has 7 nitrogen and oxygen atoms in total. The zero-order valence-electron chi connectivity index (χ0n) is 12.0. The van der Waals surface area contributed by atoms with Crippen molar-refractivity contribution in [2.24, 2.45) is 4.99 Å². The number of guanidine groups is 1. The molecular weight excluding hydrogens is 282 g/mol. The quantitative estimate of drug-likeness (QED) is 0.367. The van der Waals surface area contributed by atoms with Crippen LogP contribution in [0.1, 0.15) is 20.8 Å². The fraction of sp³-hybridized carbons (Fsp3) is 0.583. The lowest BCUT2D eigenvalue weighted by atomic mass is 10.4. The van der Waals surface area contributed by atoms with Crippen molar-refractivity contribution >= 4 is 17.6 Å². The summed E-state index contributed by atoms with van der Waals surface area (Å²) < 4.78 is 5.29. The van der Waals surface area contributed by atoms with E-state index >= 15 is 0 Å². The number of ether oxygens (including phenoxy) is 1. The van der Waals surface area contributed by atoms with Crippen molar-refractivity contribution in [3.8, 4) is 5.88 Å². The lowest BCUT2D eigenvalue weighted by Crippen LogP contribution is -2.49. The summed E-state index contributed by atoms with van der Waals surface area (Å²) in [6.07, 6.45) is 0.211. The number of aliphatic imine (C=N–C) groups is 1. The first-order valence-corrected chi connectivity index (χ1v) is 6.69. The van der Waals surface area contributed by atoms with Gasteiger partial charge in [0.2, 0.25) is 11.2 Å². The van der Waals surface area contributed by atoms with Crippen LogP contribution in [0.3, 0.4) is 0 Å². The molecule has 0 saturated carbocycles. The van der Waals surface area contributed by atoms with Crippen LogP contribution in [-0.4, -0.2) is 52.0 Å². The summed E-state index contributed by atoms with van der Waals surface area (Å²) in [6.45, 7) is 6.46. The van der Waals surface area contributed by atoms with Gasteiger partial charge in [0.15, 0.2) is 5.96 Å². The van der Waals surface area contributed by atoms with Crippen LogP contribution in [0.2, 0.25) is 5.28 Å². The smallest absolute Gasteiger partial charge is 0.285 e. The molecule has 1 aromatic rings. The van der Waals surface area contributed by atoms with Gasteiger partial charge in [0, 0.05) is 31.9 Å². The molecule has 0 saturated heterocycles. The van der Waals surface area contributed by atoms with E-state index in [0.717, 1.165) is 0 Å². The molecule has 0 amide bonds. The second-order valence-corrected chi connectivity index (χ2v) is 4.65. The minimum atomic E-state index is -1.24. The van der Waals surface area contributed by atoms with E-state index in [1.165, 1.54) is 17.2 Å². The summed E-state index contributed by atoms with van der Waals surface area (Å²) in [4.78, 5) is 13.3. The molecule has 0 radical (unpaired) electrons. The van der Waals surface area contributed by atoms with Crippen LogP contribution >= 0.6 is 11.6 Å². The number of rotatable bonds is 5. The number of nitrogens with one attached hydrogen (secondary N) is 1. The third-order valence-electron chi connectivity index (χ3n) is 2.22. The third-order valence-corrected chi connectivity index (χ3v) is 2.40. The Kier molecular flexibility index (Phi) is 6.47. The van der Waals surface area contributed by atoms with Crippen molar-refractivity contribution in [3.05, 3.63) is 17.5 Å². The highest BCUT2D eigenvalue weighted by atomic mass is 35.5. The zero-order valence-corrected chi connectivity index (χ0v) is 12.8. The first-order valence-electron chi connectivity index (χ1n) is 6.31. The van der Waals surface area contributed by atoms with Crippen LogP contribution in [0, 0.1) is 0 Å². The second-order valence-electron chi connectivity index (χ2n) is 4.32. The Morgan fingerprint density at radius 1 is 1.60 bits per heavy atom. The monoisotopic (exact) mass is 301 g/mol. The van der Waals surface area contributed by atoms with E-state index in [1.54, 1.807) is 7.05 Å². The number of nitrogens with zero attached hydrogens (tertiary/aromatic N) is 4. The van der Waals surface area contributed by atoms with Crippen molar-refractivity contribution in [1.29, 1.82) is 0 Å². The van der Waals surface area contributed by atoms with Crippen molar-refractivity contribution in [2.75, 3.05) is 13.6 Å². The van der Waals surface area contributed by atoms with Crippen molar-refractivity contribution in [1.82, 2.24) is 20.2 Å². The predicted molar refractivity (Wildman–Crippen MR) is 77.7 cm³/mol. The Balaban J connectivity index is 2.73. The summed E-state index contributed by atoms with van der Waals surface area (Å²) in [5, 5.41) is 13.2. The molecule has 2 N–H and O–H groups in total. The number of hydrogen-bond acceptors (Lipinski definition) is 5. The van der Waals surface area contributed by atoms with Gasteiger partial charge in [-0.15, -0.1) is 0 Å². The van der Waals surface area contributed by atoms with Crippen molar-refractivity contribution in [2.45, 2.75) is 33.2 Å². The molecule has 20 heavy (non-hydrogen) atoms. The van der Waals surface area contributed by atoms with E-state index in [9.17, 15) is 5.11 Å². The largest absolute Gasteiger partial charge is 0.429 e. The average molecular weight is 302 g/mol. The molecule has 0 aliphatic heterocycles. The molecule has 8 heteroatoms. The molecule has 1 atom stereocenters. The molecule has 112 valence electrons. The standard InChI is InChI=1S/C12H20ClN5O2/c1-5-14-11(16-8(2)3)18(4)12(19)20-9-6-7-15-10(13)17-9/h6-8,12,19H,5H2,1-4H3,(H,14,16). The first-order chi connectivity index (χ1) is 9.43. The predicted octanol–water partition coefficient (Wildman–Crippen LogP) is 1.09. The summed E-state index contributed by atoms with van der Waals surface area (Å²) in [6, 6.07) is 1.69. The van der Waals surface area contributed by atoms with Crippen molar-refractivity contribution in [3.63, 3.8) is 0 Å². The molecule has 0 fully saturated rings. The summed E-state index contributed by atoms with van der Waals surface area (Å²) in [5.74, 6) is 0.722. The van der Waals surface area contributed by atoms with Gasteiger partial charge in [0.1, 0.15) is 0 Å². The molecule has 0 aromatic carbocycles. The van der Waals surface area contributed by atoms with Gasteiger partial charge >= 0.3 is 0 Å². The molecule has 1 rings (SSSR count). The van der Waals surface area contributed by atoms with Gasteiger partial charge in [-0.2, -0.15) is 4.98 Å². The molecule has 1 unspecified atom stereocenters. The van der Waals surface area contributed by atoms with Crippen LogP contribution in [0.15, 0.2) is 17.3 Å². The van der Waals surface area contributed by atoms with Gasteiger partial charge in [0.05, 0.1) is 0 Å². The van der Waals surface area contributed by atoms with Crippen LogP contribution < -0.4 is 10.1 Å². The molecule has 1 heterocycles. The molecule has 0 bridgehead atoms. The Bertz CT molecular complexity index is 455. The maximum absolute atomic E-state index is 10.1. The average Bonchev–Trinajstić information content (AvgIpc) is 2.36. The fourth-order valence-electron chi connectivity index (χ4n) is 1.34. The Morgan fingerprint density at radius 3 is 2.85 bits per heavy atom. The van der Waals surface area contributed by atoms with E-state index < -0.39 is 6.41 Å². The Hall–Kier alpha value is -1.60. The van der Waals surface area contributed by atoms with Crippen LogP contribution in [-0.2, 0) is 0 Å². The Morgan fingerprint density at radius 2 is 2.30 bits per heavy atom. The Labute approximate surface area is 123 Å². The van der Waals surface area contributed by atoms with Gasteiger partial charge in [-0.25, -0.2) is 4.98 Å². The fourth-order valence-corrected chi connectivity index (χ4v) is 1.48. The van der Waals surface area contributed by atoms with Gasteiger partial charge in [-0.1, -0.05) is 0 Å². The van der Waals surface area contributed by atoms with Gasteiger partial charge in [0.25, 0.3) is 6.41 Å². The molecule has 0 aliphatic rings. The maximum atomic E-state index is 10.1. The van der Waals surface area contributed by atoms with Crippen LogP contribution in [0.4, 0.5) is 0 Å². The summed E-state index contributed by atoms with van der Waals surface area (Å²) in [5.41, 5.74) is 0. The number of halogens is 1. The second kappa shape index (κ2) is 7.86. The first kappa shape index (κ1) is 16.5. The summed E-state index contributed by atoms with van der Waals surface area (Å²) in [7, 11) is 1.66. The van der Waals surface area contributed by atoms with Crippen molar-refractivity contribution < 1.29 is 9.84 Å². The molecular formula is C12H20ClN5O2. The molecule has 0 aliphatic carbocycles. The number of aliphatic hydroxyl groups excluding tert-OH is 1. The number of hydrogen-bond donors (Lipinski definition) is 2. The maximum Gasteiger partial charge on any atom is 0.285 e. The van der Waals surface area contributed by atoms with E-state index in [2.05, 4.69) is 20.3 Å². The molecule has 0 spiro atoms. The minimum Gasteiger partial charge on any atom is -0.429 e. The van der Waals surface area contributed by atoms with Crippen LogP contribution in [0.25, 0.3) is 0 Å². The normalized spacial score (nSPS) is 13.2. The number of aromatic nitrogens is 2. The van der Waals surface area contributed by atoms with E-state index in [1.807, 2.05) is 20.8 Å². The van der Waals surface area contributed by atoms with E-state index in [0.29, 0.717) is 12.5 Å². The zero-order chi connectivity index (χ0) is 15.1. The lowest BCUT2D eigenvalue weighted by Gasteiger charge is -2.28. The van der Waals surface area contributed by atoms with E-state index in [-0.39, 0.29) is 17.2 Å². The summed E-state index contributed by atoms with van der Waals surface area (Å²) >= 11 is 5.66. The van der Waals surface area contributed by atoms with Crippen LogP contribution in [0.5, 0.6) is 5.88 Å². The van der Waals surface area contributed by atoms with Gasteiger partial charge in [-0.3, -0.25) is 9.89 Å². The minimum absolute atomic E-state index is 0.0557. The SMILES string of the molecule is CCN=C(NC(C)C)N(C)C(O)Oc1ccnc(Cl)n1. The molecule has 1 aromatic heterocycles. The highest BCUT2D eigenvalue weighted by molar-refractivity contribution is 6.28.